The molecular weight excluding hydrogens is 271 g/mol. The molecule has 1 amide bonds. The number of nitrogens with one attached hydrogen (secondary N) is 1. The molecule has 1 aromatic rings. The molecule has 1 aliphatic heterocycles. The molecule has 2 N–H and O–H groups in total. The highest BCUT2D eigenvalue weighted by molar-refractivity contribution is 5.75. The molecule has 1 aliphatic rings. The summed E-state index contributed by atoms with van der Waals surface area (Å²) in [6.45, 7) is 1.69. The fourth-order valence-corrected chi connectivity index (χ4v) is 2.91. The van der Waals surface area contributed by atoms with Gasteiger partial charge < -0.3 is 10.4 Å². The minimum Gasteiger partial charge on any atom is -0.388 e. The van der Waals surface area contributed by atoms with Crippen LogP contribution in [0.25, 0.3) is 0 Å². The van der Waals surface area contributed by atoms with Crippen LogP contribution in [-0.4, -0.2) is 42.1 Å². The fraction of sp³-hybridized carbons (Fsp3) is 0.562. The molecule has 0 bridgehead atoms. The van der Waals surface area contributed by atoms with E-state index >= 15 is 0 Å². The third-order valence-electron chi connectivity index (χ3n) is 4.15. The van der Waals surface area contributed by atoms with Gasteiger partial charge in [0, 0.05) is 26.1 Å². The van der Waals surface area contributed by atoms with Crippen LogP contribution in [0.15, 0.2) is 24.3 Å². The van der Waals surface area contributed by atoms with Gasteiger partial charge in [-0.1, -0.05) is 12.1 Å². The summed E-state index contributed by atoms with van der Waals surface area (Å²) >= 11 is 0. The van der Waals surface area contributed by atoms with E-state index in [-0.39, 0.29) is 17.8 Å². The SMILES string of the molecule is CNC(=O)CCN1CCCC1CC(O)c1ccc(F)cc1. The molecule has 1 saturated heterocycles. The summed E-state index contributed by atoms with van der Waals surface area (Å²) < 4.78 is 12.9. The highest BCUT2D eigenvalue weighted by Crippen LogP contribution is 2.27. The summed E-state index contributed by atoms with van der Waals surface area (Å²) in [5, 5.41) is 12.9. The Bertz CT molecular complexity index is 464. The van der Waals surface area contributed by atoms with Crippen molar-refractivity contribution < 1.29 is 14.3 Å². The maximum Gasteiger partial charge on any atom is 0.221 e. The van der Waals surface area contributed by atoms with E-state index in [4.69, 9.17) is 0 Å². The molecule has 5 heteroatoms. The highest BCUT2D eigenvalue weighted by atomic mass is 19.1. The van der Waals surface area contributed by atoms with Gasteiger partial charge in [0.2, 0.25) is 5.91 Å². The summed E-state index contributed by atoms with van der Waals surface area (Å²) in [5.41, 5.74) is 0.745. The van der Waals surface area contributed by atoms with Crippen LogP contribution in [0.3, 0.4) is 0 Å². The van der Waals surface area contributed by atoms with E-state index in [1.54, 1.807) is 19.2 Å². The minimum absolute atomic E-state index is 0.0414. The lowest BCUT2D eigenvalue weighted by molar-refractivity contribution is -0.121. The molecular formula is C16H23FN2O2. The molecule has 0 spiro atoms. The molecule has 2 rings (SSSR count). The van der Waals surface area contributed by atoms with E-state index < -0.39 is 6.10 Å². The molecule has 1 fully saturated rings. The van der Waals surface area contributed by atoms with Crippen LogP contribution in [0.5, 0.6) is 0 Å². The molecule has 0 aliphatic carbocycles. The predicted molar refractivity (Wildman–Crippen MR) is 79.3 cm³/mol. The molecule has 4 nitrogen and oxygen atoms in total. The second-order valence-electron chi connectivity index (χ2n) is 5.56. The van der Waals surface area contributed by atoms with E-state index in [1.165, 1.54) is 12.1 Å². The van der Waals surface area contributed by atoms with Gasteiger partial charge in [-0.2, -0.15) is 0 Å². The Morgan fingerprint density at radius 3 is 2.86 bits per heavy atom. The fourth-order valence-electron chi connectivity index (χ4n) is 2.91. The number of hydrogen-bond donors (Lipinski definition) is 2. The first-order valence-corrected chi connectivity index (χ1v) is 7.48. The maximum absolute atomic E-state index is 12.9. The van der Waals surface area contributed by atoms with Gasteiger partial charge >= 0.3 is 0 Å². The van der Waals surface area contributed by atoms with Crippen LogP contribution in [0.2, 0.25) is 0 Å². The van der Waals surface area contributed by atoms with Crippen LogP contribution >= 0.6 is 0 Å². The largest absolute Gasteiger partial charge is 0.388 e. The Kier molecular flexibility index (Phi) is 5.70. The van der Waals surface area contributed by atoms with Crippen LogP contribution in [0.4, 0.5) is 4.39 Å². The lowest BCUT2D eigenvalue weighted by atomic mass is 10.0. The molecule has 21 heavy (non-hydrogen) atoms. The first kappa shape index (κ1) is 15.9. The lowest BCUT2D eigenvalue weighted by Gasteiger charge is -2.26. The topological polar surface area (TPSA) is 52.6 Å². The van der Waals surface area contributed by atoms with Crippen molar-refractivity contribution in [2.45, 2.75) is 37.8 Å². The summed E-state index contributed by atoms with van der Waals surface area (Å²) in [6.07, 6.45) is 2.65. The zero-order valence-electron chi connectivity index (χ0n) is 12.4. The zero-order valence-corrected chi connectivity index (χ0v) is 12.4. The Morgan fingerprint density at radius 2 is 2.19 bits per heavy atom. The maximum atomic E-state index is 12.9. The van der Waals surface area contributed by atoms with Gasteiger partial charge in [-0.3, -0.25) is 9.69 Å². The molecule has 116 valence electrons. The Morgan fingerprint density at radius 1 is 1.48 bits per heavy atom. The van der Waals surface area contributed by atoms with E-state index in [0.717, 1.165) is 31.5 Å². The van der Waals surface area contributed by atoms with E-state index in [1.807, 2.05) is 0 Å². The van der Waals surface area contributed by atoms with Crippen molar-refractivity contribution in [2.24, 2.45) is 0 Å². The summed E-state index contributed by atoms with van der Waals surface area (Å²) in [4.78, 5) is 13.6. The number of carbonyl (C=O) groups is 1. The molecule has 0 aromatic heterocycles. The number of carbonyl (C=O) groups excluding carboxylic acids is 1. The molecule has 0 saturated carbocycles. The zero-order chi connectivity index (χ0) is 15.2. The normalized spacial score (nSPS) is 20.4. The second-order valence-corrected chi connectivity index (χ2v) is 5.56. The molecule has 2 atom stereocenters. The number of halogens is 1. The standard InChI is InChI=1S/C16H23FN2O2/c1-18-16(21)8-10-19-9-2-3-14(19)11-15(20)12-4-6-13(17)7-5-12/h4-7,14-15,20H,2-3,8-11H2,1H3,(H,18,21). The van der Waals surface area contributed by atoms with Crippen molar-refractivity contribution in [1.29, 1.82) is 0 Å². The van der Waals surface area contributed by atoms with Crippen LogP contribution in [-0.2, 0) is 4.79 Å². The monoisotopic (exact) mass is 294 g/mol. The van der Waals surface area contributed by atoms with Crippen molar-refractivity contribution in [3.8, 4) is 0 Å². The van der Waals surface area contributed by atoms with Crippen LogP contribution < -0.4 is 5.32 Å². The van der Waals surface area contributed by atoms with Crippen molar-refractivity contribution in [3.05, 3.63) is 35.6 Å². The number of amides is 1. The Labute approximate surface area is 125 Å². The predicted octanol–water partition coefficient (Wildman–Crippen LogP) is 1.85. The van der Waals surface area contributed by atoms with E-state index in [9.17, 15) is 14.3 Å². The van der Waals surface area contributed by atoms with Gasteiger partial charge in [-0.15, -0.1) is 0 Å². The smallest absolute Gasteiger partial charge is 0.221 e. The Hall–Kier alpha value is -1.46. The van der Waals surface area contributed by atoms with Crippen molar-refractivity contribution >= 4 is 5.91 Å². The Balaban J connectivity index is 1.88. The second kappa shape index (κ2) is 7.52. The molecule has 1 heterocycles. The van der Waals surface area contributed by atoms with Gasteiger partial charge in [0.05, 0.1) is 6.10 Å². The molecule has 1 aromatic carbocycles. The van der Waals surface area contributed by atoms with Crippen molar-refractivity contribution in [1.82, 2.24) is 10.2 Å². The number of aliphatic hydroxyl groups excluding tert-OH is 1. The van der Waals surface area contributed by atoms with Gasteiger partial charge in [-0.25, -0.2) is 4.39 Å². The van der Waals surface area contributed by atoms with Gasteiger partial charge in [-0.05, 0) is 43.5 Å². The van der Waals surface area contributed by atoms with Crippen LogP contribution in [0, 0.1) is 5.82 Å². The average Bonchev–Trinajstić information content (AvgIpc) is 2.92. The van der Waals surface area contributed by atoms with E-state index in [0.29, 0.717) is 12.8 Å². The molecule has 0 radical (unpaired) electrons. The highest BCUT2D eigenvalue weighted by Gasteiger charge is 2.27. The minimum atomic E-state index is -0.587. The first-order valence-electron chi connectivity index (χ1n) is 7.48. The summed E-state index contributed by atoms with van der Waals surface area (Å²) in [6, 6.07) is 6.29. The number of hydrogen-bond acceptors (Lipinski definition) is 3. The average molecular weight is 294 g/mol. The van der Waals surface area contributed by atoms with Gasteiger partial charge in [0.15, 0.2) is 0 Å². The van der Waals surface area contributed by atoms with Crippen molar-refractivity contribution in [3.63, 3.8) is 0 Å². The third-order valence-corrected chi connectivity index (χ3v) is 4.15. The summed E-state index contributed by atoms with van der Waals surface area (Å²) in [5.74, 6) is -0.251. The number of nitrogens with zero attached hydrogens (tertiary/aromatic N) is 1. The van der Waals surface area contributed by atoms with Crippen LogP contribution in [0.1, 0.15) is 37.4 Å². The van der Waals surface area contributed by atoms with Gasteiger partial charge in [0.1, 0.15) is 5.82 Å². The quantitative estimate of drug-likeness (QED) is 0.842. The van der Waals surface area contributed by atoms with Crippen molar-refractivity contribution in [2.75, 3.05) is 20.1 Å². The first-order chi connectivity index (χ1) is 10.1. The number of rotatable bonds is 6. The number of likely N-dealkylation sites (tertiary alicyclic amines) is 1. The van der Waals surface area contributed by atoms with E-state index in [2.05, 4.69) is 10.2 Å². The van der Waals surface area contributed by atoms with Gasteiger partial charge in [0.25, 0.3) is 0 Å². The third kappa shape index (κ3) is 4.51. The summed E-state index contributed by atoms with van der Waals surface area (Å²) in [7, 11) is 1.64. The molecule has 2 unspecified atom stereocenters. The number of aliphatic hydroxyl groups is 1. The number of benzene rings is 1. The lowest BCUT2D eigenvalue weighted by Crippen LogP contribution is -2.34.